The SMILES string of the molecule is CC(C)CCCN(C)CC(N)=O. The van der Waals surface area contributed by atoms with Crippen molar-refractivity contribution in [3.63, 3.8) is 0 Å². The Bertz CT molecular complexity index is 134. The normalized spacial score (nSPS) is 11.1. The lowest BCUT2D eigenvalue weighted by molar-refractivity contribution is -0.118. The van der Waals surface area contributed by atoms with Crippen molar-refractivity contribution in [2.45, 2.75) is 26.7 Å². The highest BCUT2D eigenvalue weighted by Gasteiger charge is 2.02. The second kappa shape index (κ2) is 6.00. The van der Waals surface area contributed by atoms with E-state index in [1.165, 1.54) is 6.42 Å². The second-order valence-corrected chi connectivity index (χ2v) is 3.74. The highest BCUT2D eigenvalue weighted by atomic mass is 16.1. The summed E-state index contributed by atoms with van der Waals surface area (Å²) in [7, 11) is 1.92. The predicted molar refractivity (Wildman–Crippen MR) is 50.8 cm³/mol. The first-order valence-corrected chi connectivity index (χ1v) is 4.49. The van der Waals surface area contributed by atoms with Gasteiger partial charge >= 0.3 is 0 Å². The molecule has 3 nitrogen and oxygen atoms in total. The van der Waals surface area contributed by atoms with Crippen LogP contribution in [0.15, 0.2) is 0 Å². The molecule has 0 atom stereocenters. The van der Waals surface area contributed by atoms with Crippen LogP contribution in [-0.2, 0) is 4.79 Å². The highest BCUT2D eigenvalue weighted by molar-refractivity contribution is 5.75. The van der Waals surface area contributed by atoms with Crippen LogP contribution in [0.3, 0.4) is 0 Å². The molecule has 0 saturated carbocycles. The standard InChI is InChI=1S/C9H20N2O/c1-8(2)5-4-6-11(3)7-9(10)12/h8H,4-7H2,1-3H3,(H2,10,12). The Hall–Kier alpha value is -0.570. The molecule has 12 heavy (non-hydrogen) atoms. The molecule has 0 heterocycles. The van der Waals surface area contributed by atoms with Crippen molar-refractivity contribution in [2.24, 2.45) is 11.7 Å². The van der Waals surface area contributed by atoms with Gasteiger partial charge in [-0.15, -0.1) is 0 Å². The topological polar surface area (TPSA) is 46.3 Å². The lowest BCUT2D eigenvalue weighted by Crippen LogP contribution is -2.31. The molecular formula is C9H20N2O. The molecule has 0 aromatic rings. The van der Waals surface area contributed by atoms with Crippen LogP contribution in [0.2, 0.25) is 0 Å². The summed E-state index contributed by atoms with van der Waals surface area (Å²) in [4.78, 5) is 12.5. The van der Waals surface area contributed by atoms with Gasteiger partial charge in [-0.05, 0) is 32.4 Å². The number of rotatable bonds is 6. The number of hydrogen-bond donors (Lipinski definition) is 1. The summed E-state index contributed by atoms with van der Waals surface area (Å²) >= 11 is 0. The minimum Gasteiger partial charge on any atom is -0.369 e. The molecule has 0 rings (SSSR count). The number of hydrogen-bond acceptors (Lipinski definition) is 2. The first-order chi connectivity index (χ1) is 5.52. The maximum Gasteiger partial charge on any atom is 0.231 e. The van der Waals surface area contributed by atoms with Crippen molar-refractivity contribution in [1.82, 2.24) is 4.90 Å². The van der Waals surface area contributed by atoms with Crippen LogP contribution in [0.25, 0.3) is 0 Å². The molecule has 0 aromatic carbocycles. The van der Waals surface area contributed by atoms with Crippen LogP contribution in [-0.4, -0.2) is 30.9 Å². The zero-order valence-electron chi connectivity index (χ0n) is 8.34. The summed E-state index contributed by atoms with van der Waals surface area (Å²) in [6.07, 6.45) is 2.35. The van der Waals surface area contributed by atoms with E-state index in [2.05, 4.69) is 13.8 Å². The van der Waals surface area contributed by atoms with E-state index in [0.29, 0.717) is 6.54 Å². The summed E-state index contributed by atoms with van der Waals surface area (Å²) in [5.41, 5.74) is 5.04. The summed E-state index contributed by atoms with van der Waals surface area (Å²) in [6, 6.07) is 0. The predicted octanol–water partition coefficient (Wildman–Crippen LogP) is 0.840. The number of carbonyl (C=O) groups excluding carboxylic acids is 1. The molecule has 0 fully saturated rings. The largest absolute Gasteiger partial charge is 0.369 e. The lowest BCUT2D eigenvalue weighted by Gasteiger charge is -2.14. The van der Waals surface area contributed by atoms with Gasteiger partial charge in [-0.25, -0.2) is 0 Å². The number of nitrogens with two attached hydrogens (primary N) is 1. The molecule has 0 aliphatic heterocycles. The Balaban J connectivity index is 3.31. The van der Waals surface area contributed by atoms with Crippen LogP contribution in [0.5, 0.6) is 0 Å². The van der Waals surface area contributed by atoms with Crippen molar-refractivity contribution in [1.29, 1.82) is 0 Å². The number of nitrogens with zero attached hydrogens (tertiary/aromatic N) is 1. The number of primary amides is 1. The van der Waals surface area contributed by atoms with Gasteiger partial charge in [0.05, 0.1) is 6.54 Å². The van der Waals surface area contributed by atoms with Crippen molar-refractivity contribution < 1.29 is 4.79 Å². The van der Waals surface area contributed by atoms with Gasteiger partial charge < -0.3 is 5.73 Å². The number of carbonyl (C=O) groups is 1. The van der Waals surface area contributed by atoms with E-state index in [4.69, 9.17) is 5.73 Å². The van der Waals surface area contributed by atoms with Gasteiger partial charge in [0.2, 0.25) is 5.91 Å². The van der Waals surface area contributed by atoms with E-state index in [0.717, 1.165) is 18.9 Å². The molecule has 2 N–H and O–H groups in total. The van der Waals surface area contributed by atoms with E-state index in [1.54, 1.807) is 0 Å². The first kappa shape index (κ1) is 11.4. The second-order valence-electron chi connectivity index (χ2n) is 3.74. The maximum absolute atomic E-state index is 10.5. The Morgan fingerprint density at radius 1 is 1.50 bits per heavy atom. The Morgan fingerprint density at radius 3 is 2.50 bits per heavy atom. The maximum atomic E-state index is 10.5. The van der Waals surface area contributed by atoms with E-state index < -0.39 is 0 Å². The molecule has 0 saturated heterocycles. The molecule has 0 radical (unpaired) electrons. The first-order valence-electron chi connectivity index (χ1n) is 4.49. The molecule has 0 aliphatic rings. The molecule has 0 unspecified atom stereocenters. The Labute approximate surface area is 74.9 Å². The van der Waals surface area contributed by atoms with Crippen LogP contribution in [0.1, 0.15) is 26.7 Å². The van der Waals surface area contributed by atoms with E-state index in [9.17, 15) is 4.79 Å². The monoisotopic (exact) mass is 172 g/mol. The third-order valence-electron chi connectivity index (χ3n) is 1.75. The van der Waals surface area contributed by atoms with Gasteiger partial charge in [0.15, 0.2) is 0 Å². The summed E-state index contributed by atoms with van der Waals surface area (Å²) in [6.45, 7) is 5.74. The average molecular weight is 172 g/mol. The molecule has 72 valence electrons. The Kier molecular flexibility index (Phi) is 5.72. The van der Waals surface area contributed by atoms with Crippen LogP contribution >= 0.6 is 0 Å². The van der Waals surface area contributed by atoms with Crippen molar-refractivity contribution >= 4 is 5.91 Å². The third kappa shape index (κ3) is 7.54. The lowest BCUT2D eigenvalue weighted by atomic mass is 10.1. The Morgan fingerprint density at radius 2 is 2.08 bits per heavy atom. The van der Waals surface area contributed by atoms with Gasteiger partial charge in [0, 0.05) is 0 Å². The molecule has 0 aromatic heterocycles. The molecule has 1 amide bonds. The van der Waals surface area contributed by atoms with Crippen molar-refractivity contribution in [2.75, 3.05) is 20.1 Å². The smallest absolute Gasteiger partial charge is 0.231 e. The quantitative estimate of drug-likeness (QED) is 0.645. The van der Waals surface area contributed by atoms with Crippen LogP contribution < -0.4 is 5.73 Å². The van der Waals surface area contributed by atoms with Crippen LogP contribution in [0.4, 0.5) is 0 Å². The van der Waals surface area contributed by atoms with Crippen molar-refractivity contribution in [3.05, 3.63) is 0 Å². The third-order valence-corrected chi connectivity index (χ3v) is 1.75. The number of amides is 1. The fourth-order valence-electron chi connectivity index (χ4n) is 1.11. The van der Waals surface area contributed by atoms with E-state index >= 15 is 0 Å². The zero-order chi connectivity index (χ0) is 9.56. The minimum atomic E-state index is -0.248. The average Bonchev–Trinajstić information content (AvgIpc) is 1.84. The van der Waals surface area contributed by atoms with E-state index in [1.807, 2.05) is 11.9 Å². The van der Waals surface area contributed by atoms with E-state index in [-0.39, 0.29) is 5.91 Å². The molecule has 0 aliphatic carbocycles. The highest BCUT2D eigenvalue weighted by Crippen LogP contribution is 2.03. The summed E-state index contributed by atoms with van der Waals surface area (Å²) < 4.78 is 0. The fourth-order valence-corrected chi connectivity index (χ4v) is 1.11. The van der Waals surface area contributed by atoms with Gasteiger partial charge in [0.25, 0.3) is 0 Å². The van der Waals surface area contributed by atoms with Gasteiger partial charge in [0.1, 0.15) is 0 Å². The minimum absolute atomic E-state index is 0.248. The van der Waals surface area contributed by atoms with Gasteiger partial charge in [-0.1, -0.05) is 13.8 Å². The van der Waals surface area contributed by atoms with Gasteiger partial charge in [-0.2, -0.15) is 0 Å². The van der Waals surface area contributed by atoms with Crippen molar-refractivity contribution in [3.8, 4) is 0 Å². The molecular weight excluding hydrogens is 152 g/mol. The summed E-state index contributed by atoms with van der Waals surface area (Å²) in [5.74, 6) is 0.494. The molecule has 0 bridgehead atoms. The zero-order valence-corrected chi connectivity index (χ0v) is 8.34. The molecule has 3 heteroatoms. The summed E-state index contributed by atoms with van der Waals surface area (Å²) in [5, 5.41) is 0. The fraction of sp³-hybridized carbons (Fsp3) is 0.889. The molecule has 0 spiro atoms. The van der Waals surface area contributed by atoms with Gasteiger partial charge in [-0.3, -0.25) is 9.69 Å². The van der Waals surface area contributed by atoms with Crippen LogP contribution in [0, 0.1) is 5.92 Å². The number of likely N-dealkylation sites (N-methyl/N-ethyl adjacent to an activating group) is 1.